The van der Waals surface area contributed by atoms with Crippen LogP contribution >= 0.6 is 0 Å². The number of allylic oxidation sites excluding steroid dienone is 2. The molecule has 0 aliphatic heterocycles. The summed E-state index contributed by atoms with van der Waals surface area (Å²) in [5.74, 6) is -1.64. The van der Waals surface area contributed by atoms with E-state index in [9.17, 15) is 0 Å². The molecule has 0 saturated heterocycles. The molecule has 0 radical (unpaired) electrons. The molecule has 178 valence electrons. The number of halogens is 2. The quantitative estimate of drug-likeness (QED) is 0.219. The van der Waals surface area contributed by atoms with Crippen LogP contribution in [-0.2, 0) is 0 Å². The summed E-state index contributed by atoms with van der Waals surface area (Å²) in [4.78, 5) is 0. The van der Waals surface area contributed by atoms with Crippen LogP contribution in [0.25, 0.3) is 55.1 Å². The highest BCUT2D eigenvalue weighted by Crippen LogP contribution is 2.36. The van der Waals surface area contributed by atoms with Crippen LogP contribution in [0, 0.1) is 18.6 Å². The van der Waals surface area contributed by atoms with Gasteiger partial charge in [-0.05, 0) is 73.3 Å². The zero-order chi connectivity index (χ0) is 25.5. The average molecular weight is 483 g/mol. The largest absolute Gasteiger partial charge is 0.203 e. The van der Waals surface area contributed by atoms with Crippen LogP contribution < -0.4 is 0 Å². The maximum atomic E-state index is 15.3. The van der Waals surface area contributed by atoms with Gasteiger partial charge in [-0.3, -0.25) is 0 Å². The van der Waals surface area contributed by atoms with Gasteiger partial charge in [0.15, 0.2) is 11.6 Å². The van der Waals surface area contributed by atoms with E-state index in [0.717, 1.165) is 43.8 Å². The number of fused-ring (bicyclic) bond motifs is 3. The summed E-state index contributed by atoms with van der Waals surface area (Å²) in [5.41, 5.74) is 4.59. The van der Waals surface area contributed by atoms with Crippen LogP contribution in [0.15, 0.2) is 116 Å². The standard InChI is InChI=1S/C35H24F2/c1-22(27-15-7-11-24-9-3-5-13-29(24)27)17-19-28-23(2)34(36)35(37)33-21-26(18-20-32(28)33)31-16-8-12-25-10-4-6-14-30(25)31/h3-21H,1H2,2H3/b19-17-. The van der Waals surface area contributed by atoms with E-state index >= 15 is 8.78 Å². The molecule has 0 atom stereocenters. The minimum atomic E-state index is -0.821. The lowest BCUT2D eigenvalue weighted by atomic mass is 9.92. The van der Waals surface area contributed by atoms with Gasteiger partial charge in [-0.1, -0.05) is 116 Å². The first kappa shape index (κ1) is 22.9. The molecule has 6 rings (SSSR count). The molecule has 0 saturated carbocycles. The fourth-order valence-corrected chi connectivity index (χ4v) is 5.20. The van der Waals surface area contributed by atoms with Crippen LogP contribution in [0.4, 0.5) is 8.78 Å². The van der Waals surface area contributed by atoms with Crippen LogP contribution in [0.2, 0.25) is 0 Å². The summed E-state index contributed by atoms with van der Waals surface area (Å²) >= 11 is 0. The normalized spacial score (nSPS) is 11.6. The smallest absolute Gasteiger partial charge is 0.166 e. The van der Waals surface area contributed by atoms with E-state index in [1.54, 1.807) is 13.0 Å². The third kappa shape index (κ3) is 3.91. The molecule has 0 nitrogen and oxygen atoms in total. The first-order valence-electron chi connectivity index (χ1n) is 12.3. The Labute approximate surface area is 214 Å². The van der Waals surface area contributed by atoms with E-state index in [1.165, 1.54) is 0 Å². The van der Waals surface area contributed by atoms with Crippen molar-refractivity contribution in [1.29, 1.82) is 0 Å². The van der Waals surface area contributed by atoms with Gasteiger partial charge < -0.3 is 0 Å². The molecule has 0 spiro atoms. The third-order valence-electron chi connectivity index (χ3n) is 7.16. The lowest BCUT2D eigenvalue weighted by molar-refractivity contribution is 0.511. The van der Waals surface area contributed by atoms with Crippen LogP contribution in [0.3, 0.4) is 0 Å². The van der Waals surface area contributed by atoms with Crippen LogP contribution in [-0.4, -0.2) is 0 Å². The minimum Gasteiger partial charge on any atom is -0.203 e. The van der Waals surface area contributed by atoms with Crippen LogP contribution in [0.5, 0.6) is 0 Å². The third-order valence-corrected chi connectivity index (χ3v) is 7.16. The maximum Gasteiger partial charge on any atom is 0.166 e. The van der Waals surface area contributed by atoms with Crippen molar-refractivity contribution >= 4 is 44.0 Å². The summed E-state index contributed by atoms with van der Waals surface area (Å²) in [7, 11) is 0. The first-order chi connectivity index (χ1) is 18.0. The minimum absolute atomic E-state index is 0.268. The zero-order valence-corrected chi connectivity index (χ0v) is 20.4. The van der Waals surface area contributed by atoms with E-state index < -0.39 is 11.6 Å². The predicted molar refractivity (Wildman–Crippen MR) is 154 cm³/mol. The monoisotopic (exact) mass is 482 g/mol. The Kier molecular flexibility index (Phi) is 5.65. The molecule has 6 aromatic rings. The van der Waals surface area contributed by atoms with E-state index in [2.05, 4.69) is 36.9 Å². The summed E-state index contributed by atoms with van der Waals surface area (Å²) in [5, 5.41) is 5.35. The molecule has 0 heterocycles. The predicted octanol–water partition coefficient (Wildman–Crippen LogP) is 10.1. The maximum absolute atomic E-state index is 15.3. The lowest BCUT2D eigenvalue weighted by Gasteiger charge is -2.13. The zero-order valence-electron chi connectivity index (χ0n) is 20.4. The molecule has 0 aromatic heterocycles. The van der Waals surface area contributed by atoms with Gasteiger partial charge in [0.25, 0.3) is 0 Å². The highest BCUT2D eigenvalue weighted by atomic mass is 19.2. The molecular formula is C35H24F2. The van der Waals surface area contributed by atoms with Crippen molar-refractivity contribution in [3.8, 4) is 11.1 Å². The molecule has 0 bridgehead atoms. The van der Waals surface area contributed by atoms with E-state index in [-0.39, 0.29) is 10.9 Å². The number of rotatable bonds is 4. The second-order valence-corrected chi connectivity index (χ2v) is 9.34. The Morgan fingerprint density at radius 3 is 2.08 bits per heavy atom. The molecule has 0 fully saturated rings. The van der Waals surface area contributed by atoms with Gasteiger partial charge in [-0.15, -0.1) is 0 Å². The molecule has 6 aromatic carbocycles. The first-order valence-corrected chi connectivity index (χ1v) is 12.3. The highest BCUT2D eigenvalue weighted by Gasteiger charge is 2.17. The summed E-state index contributed by atoms with van der Waals surface area (Å²) in [6.45, 7) is 5.89. The number of hydrogen-bond acceptors (Lipinski definition) is 0. The molecule has 2 heteroatoms. The molecular weight excluding hydrogens is 458 g/mol. The van der Waals surface area contributed by atoms with Crippen LogP contribution in [0.1, 0.15) is 16.7 Å². The van der Waals surface area contributed by atoms with Crippen molar-refractivity contribution < 1.29 is 8.78 Å². The molecule has 0 N–H and O–H groups in total. The Hall–Kier alpha value is -4.56. The van der Waals surface area contributed by atoms with E-state index in [0.29, 0.717) is 10.9 Å². The van der Waals surface area contributed by atoms with Gasteiger partial charge in [0.2, 0.25) is 0 Å². The molecule has 0 amide bonds. The number of hydrogen-bond donors (Lipinski definition) is 0. The lowest BCUT2D eigenvalue weighted by Crippen LogP contribution is -1.97. The van der Waals surface area contributed by atoms with Gasteiger partial charge in [0, 0.05) is 5.39 Å². The SMILES string of the molecule is C=C(/C=C\c1c(C)c(F)c(F)c2cc(-c3cccc4ccccc34)ccc12)c1cccc2ccccc12. The highest BCUT2D eigenvalue weighted by molar-refractivity contribution is 6.02. The van der Waals surface area contributed by atoms with Crippen molar-refractivity contribution in [2.45, 2.75) is 6.92 Å². The summed E-state index contributed by atoms with van der Waals surface area (Å²) in [6, 6.07) is 34.0. The second kappa shape index (κ2) is 9.15. The Morgan fingerprint density at radius 1 is 0.649 bits per heavy atom. The Morgan fingerprint density at radius 2 is 1.30 bits per heavy atom. The van der Waals surface area contributed by atoms with Crippen molar-refractivity contribution in [3.05, 3.63) is 144 Å². The van der Waals surface area contributed by atoms with Crippen molar-refractivity contribution in [3.63, 3.8) is 0 Å². The summed E-state index contributed by atoms with van der Waals surface area (Å²) < 4.78 is 30.4. The van der Waals surface area contributed by atoms with Gasteiger partial charge in [-0.2, -0.15) is 0 Å². The average Bonchev–Trinajstić information content (AvgIpc) is 2.95. The van der Waals surface area contributed by atoms with Crippen molar-refractivity contribution in [1.82, 2.24) is 0 Å². The van der Waals surface area contributed by atoms with Gasteiger partial charge in [0.05, 0.1) is 0 Å². The molecule has 0 aliphatic carbocycles. The Bertz CT molecular complexity index is 1860. The van der Waals surface area contributed by atoms with Gasteiger partial charge >= 0.3 is 0 Å². The molecule has 0 aliphatic rings. The topological polar surface area (TPSA) is 0 Å². The van der Waals surface area contributed by atoms with Gasteiger partial charge in [0.1, 0.15) is 0 Å². The Balaban J connectivity index is 1.48. The number of benzene rings is 6. The fourth-order valence-electron chi connectivity index (χ4n) is 5.20. The molecule has 37 heavy (non-hydrogen) atoms. The van der Waals surface area contributed by atoms with E-state index in [4.69, 9.17) is 0 Å². The van der Waals surface area contributed by atoms with Crippen molar-refractivity contribution in [2.75, 3.05) is 0 Å². The van der Waals surface area contributed by atoms with E-state index in [1.807, 2.05) is 78.9 Å². The summed E-state index contributed by atoms with van der Waals surface area (Å²) in [6.07, 6.45) is 3.74. The van der Waals surface area contributed by atoms with Gasteiger partial charge in [-0.25, -0.2) is 8.78 Å². The molecule has 0 unspecified atom stereocenters. The fraction of sp³-hybridized carbons (Fsp3) is 0.0286. The second-order valence-electron chi connectivity index (χ2n) is 9.34. The van der Waals surface area contributed by atoms with Crippen molar-refractivity contribution in [2.24, 2.45) is 0 Å².